The number of aromatic nitrogens is 3. The van der Waals surface area contributed by atoms with E-state index in [9.17, 15) is 0 Å². The second-order valence-electron chi connectivity index (χ2n) is 2.39. The van der Waals surface area contributed by atoms with Gasteiger partial charge >= 0.3 is 0 Å². The summed E-state index contributed by atoms with van der Waals surface area (Å²) in [5, 5.41) is 16.1. The van der Waals surface area contributed by atoms with E-state index in [0.717, 1.165) is 5.69 Å². The monoisotopic (exact) mass is 156 g/mol. The van der Waals surface area contributed by atoms with Crippen molar-refractivity contribution in [2.24, 2.45) is 5.73 Å². The molecule has 0 spiro atoms. The zero-order valence-electron chi connectivity index (χ0n) is 6.44. The van der Waals surface area contributed by atoms with Gasteiger partial charge in [-0.25, -0.2) is 4.68 Å². The minimum atomic E-state index is -0.0865. The van der Waals surface area contributed by atoms with E-state index < -0.39 is 0 Å². The summed E-state index contributed by atoms with van der Waals surface area (Å²) in [5.74, 6) is 0. The Hall–Kier alpha value is -0.940. The van der Waals surface area contributed by atoms with Gasteiger partial charge in [0.05, 0.1) is 25.0 Å². The van der Waals surface area contributed by atoms with Crippen LogP contribution >= 0.6 is 0 Å². The minimum absolute atomic E-state index is 0.0586. The molecule has 0 fully saturated rings. The highest BCUT2D eigenvalue weighted by Crippen LogP contribution is 2.05. The van der Waals surface area contributed by atoms with Crippen LogP contribution in [0.5, 0.6) is 0 Å². The van der Waals surface area contributed by atoms with Gasteiger partial charge in [0, 0.05) is 6.04 Å². The minimum Gasteiger partial charge on any atom is -0.394 e. The van der Waals surface area contributed by atoms with Crippen LogP contribution in [0.2, 0.25) is 0 Å². The van der Waals surface area contributed by atoms with E-state index in [1.54, 1.807) is 10.9 Å². The maximum atomic E-state index is 8.61. The molecule has 0 bridgehead atoms. The van der Waals surface area contributed by atoms with Gasteiger partial charge in [-0.05, 0) is 6.92 Å². The molecule has 1 atom stereocenters. The molecule has 0 amide bonds. The van der Waals surface area contributed by atoms with E-state index in [0.29, 0.717) is 6.54 Å². The van der Waals surface area contributed by atoms with Crippen LogP contribution in [0.25, 0.3) is 0 Å². The van der Waals surface area contributed by atoms with Gasteiger partial charge in [-0.1, -0.05) is 5.21 Å². The molecule has 0 aliphatic rings. The molecule has 1 heterocycles. The van der Waals surface area contributed by atoms with Crippen molar-refractivity contribution in [2.45, 2.75) is 19.5 Å². The summed E-state index contributed by atoms with van der Waals surface area (Å²) in [6.07, 6.45) is 1.61. The molecular formula is C6H12N4O. The van der Waals surface area contributed by atoms with Crippen molar-refractivity contribution in [3.63, 3.8) is 0 Å². The van der Waals surface area contributed by atoms with Crippen molar-refractivity contribution in [3.05, 3.63) is 11.9 Å². The maximum Gasteiger partial charge on any atom is 0.0752 e. The molecule has 0 saturated carbocycles. The predicted molar refractivity (Wildman–Crippen MR) is 39.7 cm³/mol. The first-order chi connectivity index (χ1) is 5.25. The van der Waals surface area contributed by atoms with Crippen LogP contribution in [0, 0.1) is 0 Å². The lowest BCUT2D eigenvalue weighted by molar-refractivity contribution is 0.265. The van der Waals surface area contributed by atoms with Gasteiger partial charge in [0.25, 0.3) is 0 Å². The molecule has 0 unspecified atom stereocenters. The summed E-state index contributed by atoms with van der Waals surface area (Å²) in [5.41, 5.74) is 6.45. The Balaban J connectivity index is 2.78. The Labute approximate surface area is 64.8 Å². The second-order valence-corrected chi connectivity index (χ2v) is 2.39. The van der Waals surface area contributed by atoms with E-state index >= 15 is 0 Å². The van der Waals surface area contributed by atoms with E-state index in [2.05, 4.69) is 10.3 Å². The Kier molecular flexibility index (Phi) is 2.56. The molecule has 1 aromatic heterocycles. The molecule has 0 saturated heterocycles. The zero-order chi connectivity index (χ0) is 8.27. The van der Waals surface area contributed by atoms with Gasteiger partial charge in [0.2, 0.25) is 0 Å². The number of aliphatic hydroxyl groups excluding tert-OH is 1. The van der Waals surface area contributed by atoms with E-state index in [1.807, 2.05) is 6.92 Å². The average molecular weight is 156 g/mol. The lowest BCUT2D eigenvalue weighted by Gasteiger charge is -2.05. The number of nitrogens with zero attached hydrogens (tertiary/aromatic N) is 3. The number of nitrogens with two attached hydrogens (primary N) is 1. The first-order valence-electron chi connectivity index (χ1n) is 3.50. The largest absolute Gasteiger partial charge is 0.394 e. The summed E-state index contributed by atoms with van der Waals surface area (Å²) in [6, 6.07) is -0.0865. The molecule has 3 N–H and O–H groups in total. The first kappa shape index (κ1) is 8.16. The number of rotatable bonds is 3. The van der Waals surface area contributed by atoms with E-state index in [-0.39, 0.29) is 12.6 Å². The summed E-state index contributed by atoms with van der Waals surface area (Å²) in [7, 11) is 0. The molecule has 1 aromatic rings. The van der Waals surface area contributed by atoms with Crippen LogP contribution in [0.1, 0.15) is 18.7 Å². The molecule has 0 radical (unpaired) electrons. The molecule has 11 heavy (non-hydrogen) atoms. The second kappa shape index (κ2) is 3.45. The van der Waals surface area contributed by atoms with Crippen LogP contribution in [0.3, 0.4) is 0 Å². The van der Waals surface area contributed by atoms with E-state index in [4.69, 9.17) is 10.8 Å². The molecule has 62 valence electrons. The van der Waals surface area contributed by atoms with Crippen LogP contribution in [-0.4, -0.2) is 26.7 Å². The van der Waals surface area contributed by atoms with Crippen molar-refractivity contribution >= 4 is 0 Å². The highest BCUT2D eigenvalue weighted by molar-refractivity contribution is 4.98. The standard InChI is InChI=1S/C6H12N4O/c1-5(7)6-4-8-9-10(6)2-3-11/h4-5,11H,2-3,7H2,1H3/t5-/m0/s1. The lowest BCUT2D eigenvalue weighted by atomic mass is 10.3. The highest BCUT2D eigenvalue weighted by atomic mass is 16.3. The zero-order valence-corrected chi connectivity index (χ0v) is 6.44. The summed E-state index contributed by atoms with van der Waals surface area (Å²) in [6.45, 7) is 2.37. The molecule has 1 rings (SSSR count). The van der Waals surface area contributed by atoms with Crippen molar-refractivity contribution in [2.75, 3.05) is 6.61 Å². The Bertz CT molecular complexity index is 220. The van der Waals surface area contributed by atoms with Crippen LogP contribution in [0.15, 0.2) is 6.20 Å². The highest BCUT2D eigenvalue weighted by Gasteiger charge is 2.06. The number of aliphatic hydroxyl groups is 1. The number of hydrogen-bond donors (Lipinski definition) is 2. The van der Waals surface area contributed by atoms with Gasteiger partial charge in [-0.3, -0.25) is 0 Å². The molecule has 0 aliphatic carbocycles. The molecule has 5 nitrogen and oxygen atoms in total. The van der Waals surface area contributed by atoms with Crippen LogP contribution < -0.4 is 5.73 Å². The fourth-order valence-electron chi connectivity index (χ4n) is 0.887. The summed E-state index contributed by atoms with van der Waals surface area (Å²) in [4.78, 5) is 0. The average Bonchev–Trinajstić information content (AvgIpc) is 2.36. The Morgan fingerprint density at radius 3 is 3.09 bits per heavy atom. The van der Waals surface area contributed by atoms with Gasteiger partial charge in [0.15, 0.2) is 0 Å². The van der Waals surface area contributed by atoms with Crippen LogP contribution in [0.4, 0.5) is 0 Å². The van der Waals surface area contributed by atoms with Gasteiger partial charge in [-0.2, -0.15) is 0 Å². The quantitative estimate of drug-likeness (QED) is 0.606. The van der Waals surface area contributed by atoms with E-state index in [1.165, 1.54) is 0 Å². The Morgan fingerprint density at radius 2 is 2.55 bits per heavy atom. The topological polar surface area (TPSA) is 77.0 Å². The molecule has 5 heteroatoms. The fourth-order valence-corrected chi connectivity index (χ4v) is 0.887. The first-order valence-corrected chi connectivity index (χ1v) is 3.50. The van der Waals surface area contributed by atoms with Gasteiger partial charge in [-0.15, -0.1) is 5.10 Å². The van der Waals surface area contributed by atoms with Gasteiger partial charge in [0.1, 0.15) is 0 Å². The predicted octanol–water partition coefficient (Wildman–Crippen LogP) is -0.710. The number of hydrogen-bond acceptors (Lipinski definition) is 4. The molecular weight excluding hydrogens is 144 g/mol. The van der Waals surface area contributed by atoms with Crippen molar-refractivity contribution in [3.8, 4) is 0 Å². The maximum absolute atomic E-state index is 8.61. The third-order valence-electron chi connectivity index (χ3n) is 1.43. The third-order valence-corrected chi connectivity index (χ3v) is 1.43. The van der Waals surface area contributed by atoms with Crippen LogP contribution in [-0.2, 0) is 6.54 Å². The normalized spacial score (nSPS) is 13.4. The Morgan fingerprint density at radius 1 is 1.82 bits per heavy atom. The third kappa shape index (κ3) is 1.75. The fraction of sp³-hybridized carbons (Fsp3) is 0.667. The lowest BCUT2D eigenvalue weighted by Crippen LogP contribution is -2.14. The van der Waals surface area contributed by atoms with Crippen molar-refractivity contribution in [1.29, 1.82) is 0 Å². The summed E-state index contributed by atoms with van der Waals surface area (Å²) < 4.78 is 1.60. The SMILES string of the molecule is C[C@H](N)c1cnnn1CCO. The molecule has 0 aromatic carbocycles. The van der Waals surface area contributed by atoms with Gasteiger partial charge < -0.3 is 10.8 Å². The van der Waals surface area contributed by atoms with Crippen molar-refractivity contribution in [1.82, 2.24) is 15.0 Å². The summed E-state index contributed by atoms with van der Waals surface area (Å²) >= 11 is 0. The van der Waals surface area contributed by atoms with Crippen molar-refractivity contribution < 1.29 is 5.11 Å². The molecule has 0 aliphatic heterocycles. The smallest absolute Gasteiger partial charge is 0.0752 e.